The summed E-state index contributed by atoms with van der Waals surface area (Å²) in [5, 5.41) is 11.2. The molecule has 0 aromatic heterocycles. The second-order valence-electron chi connectivity index (χ2n) is 3.17. The molecule has 0 saturated carbocycles. The highest BCUT2D eigenvalue weighted by molar-refractivity contribution is 8.35. The van der Waals surface area contributed by atoms with E-state index in [9.17, 15) is 0 Å². The fourth-order valence-corrected chi connectivity index (χ4v) is 5.01. The van der Waals surface area contributed by atoms with Crippen LogP contribution in [0.5, 0.6) is 0 Å². The average Bonchev–Trinajstić information content (AvgIpc) is 3.03. The first-order valence-electron chi connectivity index (χ1n) is 4.75. The van der Waals surface area contributed by atoms with Gasteiger partial charge in [0.05, 0.1) is 8.47 Å². The quantitative estimate of drug-likeness (QED) is 0.710. The van der Waals surface area contributed by atoms with Crippen LogP contribution in [0.3, 0.4) is 0 Å². The maximum absolute atomic E-state index is 2.21. The van der Waals surface area contributed by atoms with E-state index in [2.05, 4.69) is 45.9 Å². The highest BCUT2D eigenvalue weighted by Crippen LogP contribution is 2.38. The Morgan fingerprint density at radius 3 is 1.12 bits per heavy atom. The van der Waals surface area contributed by atoms with Crippen molar-refractivity contribution in [2.24, 2.45) is 0 Å². The van der Waals surface area contributed by atoms with Gasteiger partial charge in [-0.05, 0) is 32.1 Å². The lowest BCUT2D eigenvalue weighted by Gasteiger charge is -1.96. The Hall–Kier alpha value is -0.160. The van der Waals surface area contributed by atoms with Gasteiger partial charge in [0.25, 0.3) is 0 Å². The monoisotopic (exact) mass is 280 g/mol. The van der Waals surface area contributed by atoms with Crippen LogP contribution in [0.15, 0.2) is 45.9 Å². The van der Waals surface area contributed by atoms with Crippen molar-refractivity contribution in [2.75, 3.05) is 0 Å². The highest BCUT2D eigenvalue weighted by atomic mass is 32.2. The SMILES string of the molecule is C1=CSC(=c2ccc(=C3SC=CS3)cc2)S1. The molecule has 0 aliphatic carbocycles. The van der Waals surface area contributed by atoms with Crippen molar-refractivity contribution >= 4 is 55.5 Å². The van der Waals surface area contributed by atoms with Gasteiger partial charge in [0, 0.05) is 0 Å². The topological polar surface area (TPSA) is 0 Å². The van der Waals surface area contributed by atoms with Crippen molar-refractivity contribution in [3.05, 3.63) is 56.3 Å². The summed E-state index contributed by atoms with van der Waals surface area (Å²) in [4.78, 5) is 0. The van der Waals surface area contributed by atoms with Crippen molar-refractivity contribution < 1.29 is 0 Å². The Kier molecular flexibility index (Phi) is 3.43. The third kappa shape index (κ3) is 2.25. The van der Waals surface area contributed by atoms with E-state index in [1.165, 1.54) is 18.9 Å². The molecule has 0 spiro atoms. The lowest BCUT2D eigenvalue weighted by Crippen LogP contribution is -2.08. The van der Waals surface area contributed by atoms with Gasteiger partial charge in [0.15, 0.2) is 0 Å². The summed E-state index contributed by atoms with van der Waals surface area (Å²) in [7, 11) is 0. The molecule has 4 heteroatoms. The second kappa shape index (κ2) is 5.00. The molecule has 0 saturated heterocycles. The summed E-state index contributed by atoms with van der Waals surface area (Å²) in [6.07, 6.45) is 0. The van der Waals surface area contributed by atoms with Crippen LogP contribution in [0.25, 0.3) is 8.47 Å². The van der Waals surface area contributed by atoms with Gasteiger partial charge in [-0.15, -0.1) is 0 Å². The Balaban J connectivity index is 2.03. The van der Waals surface area contributed by atoms with E-state index in [1.807, 2.05) is 0 Å². The van der Waals surface area contributed by atoms with E-state index in [0.29, 0.717) is 0 Å². The number of hydrogen-bond donors (Lipinski definition) is 0. The van der Waals surface area contributed by atoms with Crippen LogP contribution < -0.4 is 10.4 Å². The van der Waals surface area contributed by atoms with Crippen molar-refractivity contribution in [1.29, 1.82) is 0 Å². The standard InChI is InChI=1S/C12H8S4/c1-2-10(12-15-7-8-16-12)4-3-9(1)11-13-5-6-14-11/h1-8H. The predicted octanol–water partition coefficient (Wildman–Crippen LogP) is 3.72. The van der Waals surface area contributed by atoms with Gasteiger partial charge < -0.3 is 0 Å². The zero-order chi connectivity index (χ0) is 10.8. The first-order chi connectivity index (χ1) is 7.93. The zero-order valence-corrected chi connectivity index (χ0v) is 11.5. The van der Waals surface area contributed by atoms with Crippen LogP contribution in [0.2, 0.25) is 0 Å². The van der Waals surface area contributed by atoms with Gasteiger partial charge in [-0.25, -0.2) is 0 Å². The summed E-state index contributed by atoms with van der Waals surface area (Å²) in [5.41, 5.74) is 0. The Morgan fingerprint density at radius 1 is 0.500 bits per heavy atom. The molecule has 0 bridgehead atoms. The third-order valence-electron chi connectivity index (χ3n) is 2.17. The number of hydrogen-bond acceptors (Lipinski definition) is 4. The number of thioether (sulfide) groups is 4. The molecule has 1 aromatic carbocycles. The number of rotatable bonds is 0. The summed E-state index contributed by atoms with van der Waals surface area (Å²) >= 11 is 7.21. The van der Waals surface area contributed by atoms with Crippen LogP contribution >= 0.6 is 47.0 Å². The Bertz CT molecular complexity index is 487. The van der Waals surface area contributed by atoms with E-state index >= 15 is 0 Å². The normalized spacial score (nSPS) is 18.8. The summed E-state index contributed by atoms with van der Waals surface area (Å²) < 4.78 is 2.75. The molecule has 3 rings (SSSR count). The van der Waals surface area contributed by atoms with Gasteiger partial charge in [0.2, 0.25) is 0 Å². The molecule has 2 aliphatic heterocycles. The maximum Gasteiger partial charge on any atom is 0.0559 e. The van der Waals surface area contributed by atoms with Crippen molar-refractivity contribution in [2.45, 2.75) is 0 Å². The van der Waals surface area contributed by atoms with Crippen molar-refractivity contribution in [3.8, 4) is 0 Å². The van der Waals surface area contributed by atoms with E-state index in [-0.39, 0.29) is 0 Å². The van der Waals surface area contributed by atoms with Gasteiger partial charge in [-0.1, -0.05) is 71.3 Å². The molecule has 0 radical (unpaired) electrons. The van der Waals surface area contributed by atoms with Crippen LogP contribution in [0, 0.1) is 0 Å². The summed E-state index contributed by atoms with van der Waals surface area (Å²) in [6, 6.07) is 8.85. The van der Waals surface area contributed by atoms with Crippen LogP contribution in [-0.4, -0.2) is 0 Å². The molecular weight excluding hydrogens is 272 g/mol. The Labute approximate surface area is 111 Å². The zero-order valence-electron chi connectivity index (χ0n) is 8.25. The van der Waals surface area contributed by atoms with E-state index in [0.717, 1.165) is 0 Å². The van der Waals surface area contributed by atoms with Crippen LogP contribution in [0.1, 0.15) is 0 Å². The van der Waals surface area contributed by atoms with Gasteiger partial charge in [0.1, 0.15) is 0 Å². The molecule has 1 aromatic rings. The Morgan fingerprint density at radius 2 is 0.812 bits per heavy atom. The van der Waals surface area contributed by atoms with E-state index < -0.39 is 0 Å². The number of benzene rings is 1. The molecule has 16 heavy (non-hydrogen) atoms. The predicted molar refractivity (Wildman–Crippen MR) is 81.2 cm³/mol. The van der Waals surface area contributed by atoms with Gasteiger partial charge in [-0.2, -0.15) is 0 Å². The van der Waals surface area contributed by atoms with Crippen LogP contribution in [0.4, 0.5) is 0 Å². The van der Waals surface area contributed by atoms with Crippen LogP contribution in [-0.2, 0) is 0 Å². The molecule has 0 amide bonds. The molecule has 0 unspecified atom stereocenters. The van der Waals surface area contributed by atoms with Gasteiger partial charge >= 0.3 is 0 Å². The lowest BCUT2D eigenvalue weighted by atomic mass is 10.3. The smallest absolute Gasteiger partial charge is 0.0559 e. The van der Waals surface area contributed by atoms with Crippen molar-refractivity contribution in [3.63, 3.8) is 0 Å². The minimum atomic E-state index is 1.32. The molecule has 0 atom stereocenters. The molecule has 0 nitrogen and oxygen atoms in total. The molecule has 0 N–H and O–H groups in total. The van der Waals surface area contributed by atoms with Gasteiger partial charge in [-0.3, -0.25) is 0 Å². The lowest BCUT2D eigenvalue weighted by molar-refractivity contribution is 1.56. The van der Waals surface area contributed by atoms with E-state index in [4.69, 9.17) is 0 Å². The average molecular weight is 280 g/mol. The fourth-order valence-electron chi connectivity index (χ4n) is 1.43. The molecule has 80 valence electrons. The van der Waals surface area contributed by atoms with E-state index in [1.54, 1.807) is 47.0 Å². The molecule has 2 heterocycles. The minimum absolute atomic E-state index is 1.32. The summed E-state index contributed by atoms with van der Waals surface area (Å²) in [5.74, 6) is 0. The highest BCUT2D eigenvalue weighted by Gasteiger charge is 2.04. The molecule has 0 fully saturated rings. The first-order valence-corrected chi connectivity index (χ1v) is 8.27. The van der Waals surface area contributed by atoms with Crippen molar-refractivity contribution in [1.82, 2.24) is 0 Å². The molecular formula is C12H8S4. The summed E-state index contributed by atoms with van der Waals surface area (Å²) in [6.45, 7) is 0. The molecule has 2 aliphatic rings. The fraction of sp³-hybridized carbons (Fsp3) is 0. The maximum atomic E-state index is 2.21. The minimum Gasteiger partial charge on any atom is -0.0895 e. The second-order valence-corrected chi connectivity index (χ2v) is 7.35. The first kappa shape index (κ1) is 11.0. The third-order valence-corrected chi connectivity index (χ3v) is 6.55. The largest absolute Gasteiger partial charge is 0.0895 e.